The molecule has 0 aromatic heterocycles. The number of ether oxygens (including phenoxy) is 1. The maximum atomic E-state index is 14.3. The quantitative estimate of drug-likeness (QED) is 0.621. The maximum Gasteiger partial charge on any atom is 0.390 e. The van der Waals surface area contributed by atoms with Gasteiger partial charge in [0.05, 0.1) is 13.7 Å². The number of allylic oxidation sites excluding steroid dienone is 2. The van der Waals surface area contributed by atoms with Gasteiger partial charge in [-0.15, -0.1) is 0 Å². The van der Waals surface area contributed by atoms with Gasteiger partial charge in [0, 0.05) is 18.4 Å². The lowest BCUT2D eigenvalue weighted by Crippen LogP contribution is -2.53. The van der Waals surface area contributed by atoms with Gasteiger partial charge in [-0.2, -0.15) is 8.78 Å². The van der Waals surface area contributed by atoms with Crippen LogP contribution in [0.3, 0.4) is 0 Å². The van der Waals surface area contributed by atoms with Crippen LogP contribution in [0.1, 0.15) is 34.6 Å². The second-order valence-electron chi connectivity index (χ2n) is 6.86. The lowest BCUT2D eigenvalue weighted by molar-refractivity contribution is -0.845. The molecule has 0 aromatic rings. The fourth-order valence-electron chi connectivity index (χ4n) is 2.91. The Bertz CT molecular complexity index is 587. The Morgan fingerprint density at radius 2 is 1.83 bits per heavy atom. The number of hydrogen-bond donors (Lipinski definition) is 1. The third-order valence-corrected chi connectivity index (χ3v) is 4.03. The number of carboxylic acid groups (broad SMARTS) is 1. The van der Waals surface area contributed by atoms with Gasteiger partial charge in [0.2, 0.25) is 0 Å². The van der Waals surface area contributed by atoms with E-state index in [1.54, 1.807) is 0 Å². The molecule has 0 saturated heterocycles. The number of aliphatic carboxylic acids is 1. The molecule has 1 aliphatic heterocycles. The highest BCUT2D eigenvalue weighted by Gasteiger charge is 2.54. The Hall–Kier alpha value is -1.76. The summed E-state index contributed by atoms with van der Waals surface area (Å²) in [5.41, 5.74) is 0.220. The van der Waals surface area contributed by atoms with Crippen LogP contribution in [0.4, 0.5) is 8.78 Å². The summed E-state index contributed by atoms with van der Waals surface area (Å²) in [7, 11) is 1.50. The standard InChI is InChI=1S/C16H23F2NO4/c1-7-23-14(22)16(17,18)9-19(6)10(2)11(13(20)21)8-12(19)15(3,4)5/h8H,7,9H2,1-6H3/p+1. The minimum Gasteiger partial charge on any atom is -0.477 e. The predicted molar refractivity (Wildman–Crippen MR) is 80.5 cm³/mol. The lowest BCUT2D eigenvalue weighted by atomic mass is 9.89. The number of carbonyl (C=O) groups is 2. The molecule has 5 nitrogen and oxygen atoms in total. The summed E-state index contributed by atoms with van der Waals surface area (Å²) in [6.07, 6.45) is 1.43. The van der Waals surface area contributed by atoms with E-state index in [9.17, 15) is 23.5 Å². The van der Waals surface area contributed by atoms with Crippen LogP contribution in [-0.4, -0.2) is 47.7 Å². The zero-order valence-corrected chi connectivity index (χ0v) is 14.4. The molecule has 1 aliphatic rings. The fourth-order valence-corrected chi connectivity index (χ4v) is 2.91. The van der Waals surface area contributed by atoms with Crippen LogP contribution in [0.2, 0.25) is 0 Å². The number of nitrogens with zero attached hydrogens (tertiary/aromatic N) is 1. The first kappa shape index (κ1) is 19.3. The summed E-state index contributed by atoms with van der Waals surface area (Å²) < 4.78 is 32.6. The minimum atomic E-state index is -3.72. The second-order valence-corrected chi connectivity index (χ2v) is 6.86. The molecule has 7 heteroatoms. The maximum absolute atomic E-state index is 14.3. The summed E-state index contributed by atoms with van der Waals surface area (Å²) in [4.78, 5) is 22.9. The lowest BCUT2D eigenvalue weighted by Gasteiger charge is -2.40. The number of alkyl halides is 2. The van der Waals surface area contributed by atoms with Gasteiger partial charge in [-0.25, -0.2) is 9.59 Å². The molecule has 130 valence electrons. The minimum absolute atomic E-state index is 0.0166. The van der Waals surface area contributed by atoms with E-state index in [0.717, 1.165) is 0 Å². The molecule has 1 N–H and O–H groups in total. The molecule has 0 spiro atoms. The number of carboxylic acids is 1. The van der Waals surface area contributed by atoms with E-state index in [-0.39, 0.29) is 17.9 Å². The molecule has 0 fully saturated rings. The summed E-state index contributed by atoms with van der Waals surface area (Å²) in [6, 6.07) is 0. The molecule has 1 rings (SSSR count). The summed E-state index contributed by atoms with van der Waals surface area (Å²) >= 11 is 0. The van der Waals surface area contributed by atoms with Crippen molar-refractivity contribution < 1.29 is 32.7 Å². The van der Waals surface area contributed by atoms with E-state index in [1.807, 2.05) is 20.8 Å². The molecular formula is C16H24F2NO4+. The van der Waals surface area contributed by atoms with Crippen molar-refractivity contribution in [2.24, 2.45) is 5.41 Å². The van der Waals surface area contributed by atoms with Crippen LogP contribution in [0.5, 0.6) is 0 Å². The Labute approximate surface area is 134 Å². The molecule has 0 amide bonds. The first-order chi connectivity index (χ1) is 10.3. The largest absolute Gasteiger partial charge is 0.477 e. The molecular weight excluding hydrogens is 308 g/mol. The van der Waals surface area contributed by atoms with Gasteiger partial charge in [-0.1, -0.05) is 20.8 Å². The third kappa shape index (κ3) is 3.60. The third-order valence-electron chi connectivity index (χ3n) is 4.03. The summed E-state index contributed by atoms with van der Waals surface area (Å²) in [6.45, 7) is 7.38. The fraction of sp³-hybridized carbons (Fsp3) is 0.625. The Balaban J connectivity index is 3.36. The number of rotatable bonds is 5. The van der Waals surface area contributed by atoms with Crippen molar-refractivity contribution >= 4 is 11.9 Å². The number of halogens is 2. The molecule has 1 heterocycles. The van der Waals surface area contributed by atoms with E-state index in [0.29, 0.717) is 5.70 Å². The Kier molecular flexibility index (Phi) is 5.06. The highest BCUT2D eigenvalue weighted by atomic mass is 19.3. The average Bonchev–Trinajstić information content (AvgIpc) is 2.61. The second kappa shape index (κ2) is 6.03. The van der Waals surface area contributed by atoms with E-state index in [1.165, 1.54) is 27.0 Å². The van der Waals surface area contributed by atoms with Crippen molar-refractivity contribution in [3.8, 4) is 0 Å². The predicted octanol–water partition coefficient (Wildman–Crippen LogP) is 2.93. The van der Waals surface area contributed by atoms with Crippen LogP contribution in [0.15, 0.2) is 23.0 Å². The summed E-state index contributed by atoms with van der Waals surface area (Å²) in [5, 5.41) is 9.30. The molecule has 1 unspecified atom stereocenters. The number of carbonyl (C=O) groups excluding carboxylic acids is 1. The first-order valence-electron chi connectivity index (χ1n) is 7.35. The highest BCUT2D eigenvalue weighted by molar-refractivity contribution is 5.91. The molecule has 1 atom stereocenters. The van der Waals surface area contributed by atoms with Crippen molar-refractivity contribution in [2.45, 2.75) is 40.5 Å². The molecule has 0 aliphatic carbocycles. The van der Waals surface area contributed by atoms with Crippen molar-refractivity contribution in [1.29, 1.82) is 0 Å². The first-order valence-corrected chi connectivity index (χ1v) is 7.35. The van der Waals surface area contributed by atoms with E-state index >= 15 is 0 Å². The van der Waals surface area contributed by atoms with Gasteiger partial charge in [-0.05, 0) is 6.92 Å². The van der Waals surface area contributed by atoms with Crippen LogP contribution < -0.4 is 0 Å². The molecule has 23 heavy (non-hydrogen) atoms. The molecule has 0 aromatic carbocycles. The topological polar surface area (TPSA) is 63.6 Å². The van der Waals surface area contributed by atoms with E-state index in [4.69, 9.17) is 0 Å². The van der Waals surface area contributed by atoms with Crippen LogP contribution in [-0.2, 0) is 14.3 Å². The van der Waals surface area contributed by atoms with Crippen molar-refractivity contribution in [3.05, 3.63) is 23.0 Å². The Morgan fingerprint density at radius 3 is 2.22 bits per heavy atom. The molecule has 0 bridgehead atoms. The number of esters is 1. The Morgan fingerprint density at radius 1 is 1.30 bits per heavy atom. The molecule has 0 saturated carbocycles. The zero-order valence-electron chi connectivity index (χ0n) is 14.4. The number of quaternary nitrogens is 1. The van der Waals surface area contributed by atoms with Crippen molar-refractivity contribution in [2.75, 3.05) is 20.2 Å². The van der Waals surface area contributed by atoms with Crippen LogP contribution in [0, 0.1) is 5.41 Å². The number of hydrogen-bond acceptors (Lipinski definition) is 3. The van der Waals surface area contributed by atoms with E-state index in [2.05, 4.69) is 4.74 Å². The zero-order chi connectivity index (χ0) is 18.2. The van der Waals surface area contributed by atoms with E-state index < -0.39 is 34.3 Å². The smallest absolute Gasteiger partial charge is 0.390 e. The van der Waals surface area contributed by atoms with Crippen LogP contribution in [0.25, 0.3) is 0 Å². The van der Waals surface area contributed by atoms with Gasteiger partial charge in [0.15, 0.2) is 6.54 Å². The monoisotopic (exact) mass is 332 g/mol. The van der Waals surface area contributed by atoms with Crippen molar-refractivity contribution in [3.63, 3.8) is 0 Å². The van der Waals surface area contributed by atoms with Gasteiger partial charge in [0.25, 0.3) is 0 Å². The molecule has 0 radical (unpaired) electrons. The van der Waals surface area contributed by atoms with Gasteiger partial charge < -0.3 is 9.84 Å². The van der Waals surface area contributed by atoms with Gasteiger partial charge >= 0.3 is 17.9 Å². The van der Waals surface area contributed by atoms with Crippen LogP contribution >= 0.6 is 0 Å². The SMILES string of the molecule is CCOC(=O)C(F)(F)C[N+]1(C)C(C(C)(C)C)=CC(C(=O)O)=C1C. The highest BCUT2D eigenvalue weighted by Crippen LogP contribution is 2.44. The van der Waals surface area contributed by atoms with Crippen molar-refractivity contribution in [1.82, 2.24) is 0 Å². The summed E-state index contributed by atoms with van der Waals surface area (Å²) in [5.74, 6) is -6.49. The normalized spacial score (nSPS) is 22.2. The average molecular weight is 332 g/mol. The van der Waals surface area contributed by atoms with Gasteiger partial charge in [-0.3, -0.25) is 4.48 Å². The van der Waals surface area contributed by atoms with Gasteiger partial charge in [0.1, 0.15) is 17.0 Å².